The third kappa shape index (κ3) is 5.23. The molecule has 0 saturated heterocycles. The zero-order valence-corrected chi connectivity index (χ0v) is 17.1. The number of benzene rings is 2. The van der Waals surface area contributed by atoms with Crippen molar-refractivity contribution in [3.05, 3.63) is 98.8 Å². The zero-order valence-electron chi connectivity index (χ0n) is 16.2. The molecule has 0 spiro atoms. The summed E-state index contributed by atoms with van der Waals surface area (Å²) in [6.07, 6.45) is 1.92. The second-order valence-corrected chi connectivity index (χ2v) is 8.53. The van der Waals surface area contributed by atoms with E-state index in [-0.39, 0.29) is 22.3 Å². The fourth-order valence-corrected chi connectivity index (χ4v) is 3.46. The minimum atomic E-state index is -3.23. The lowest BCUT2D eigenvalue weighted by Crippen LogP contribution is -2.24. The van der Waals surface area contributed by atoms with Crippen LogP contribution in [0.2, 0.25) is 0 Å². The molecule has 0 atom stereocenters. The highest BCUT2D eigenvalue weighted by Crippen LogP contribution is 2.33. The first-order chi connectivity index (χ1) is 14.7. The lowest BCUT2D eigenvalue weighted by molar-refractivity contribution is -0.133. The summed E-state index contributed by atoms with van der Waals surface area (Å²) in [7, 11) is -3.23. The third-order valence-corrected chi connectivity index (χ3v) is 5.46. The van der Waals surface area contributed by atoms with E-state index < -0.39 is 21.1 Å². The lowest BCUT2D eigenvalue weighted by atomic mass is 9.97. The number of nitrogens with zero attached hydrogens (tertiary/aromatic N) is 1. The molecule has 1 N–H and O–H groups in total. The molecule has 31 heavy (non-hydrogen) atoms. The molecule has 10 heteroatoms. The van der Waals surface area contributed by atoms with E-state index in [9.17, 15) is 27.3 Å². The Balaban J connectivity index is 0.000000254. The van der Waals surface area contributed by atoms with Gasteiger partial charge in [0.2, 0.25) is 0 Å². The first kappa shape index (κ1) is 21.9. The second-order valence-electron chi connectivity index (χ2n) is 6.51. The Morgan fingerprint density at radius 2 is 1.58 bits per heavy atom. The molecule has 1 aliphatic rings. The monoisotopic (exact) mass is 444 g/mol. The van der Waals surface area contributed by atoms with Crippen molar-refractivity contribution in [1.29, 1.82) is 0 Å². The number of carbonyl (C=O) groups excluding carboxylic acids is 1. The van der Waals surface area contributed by atoms with E-state index >= 15 is 0 Å². The molecule has 4 rings (SSSR count). The molecule has 0 amide bonds. The number of sulfone groups is 1. The fourth-order valence-electron chi connectivity index (χ4n) is 2.83. The Bertz CT molecular complexity index is 1360. The van der Waals surface area contributed by atoms with Gasteiger partial charge in [0.25, 0.3) is 5.56 Å². The molecule has 0 aliphatic carbocycles. The molecule has 3 aromatic rings. The number of aromatic nitrogens is 2. The van der Waals surface area contributed by atoms with Gasteiger partial charge in [0.05, 0.1) is 10.5 Å². The number of hydrogen-bond donors (Lipinski definition) is 1. The number of nitrogens with one attached hydrogen (secondary N) is 1. The van der Waals surface area contributed by atoms with E-state index in [1.54, 1.807) is 29.2 Å². The van der Waals surface area contributed by atoms with Gasteiger partial charge in [-0.3, -0.25) is 9.78 Å². The van der Waals surface area contributed by atoms with Gasteiger partial charge in [-0.05, 0) is 23.3 Å². The number of H-pyrrole nitrogens is 1. The summed E-state index contributed by atoms with van der Waals surface area (Å²) in [5.41, 5.74) is 1.24. The molecular formula is C21H17FN2O6S. The Kier molecular flexibility index (Phi) is 6.30. The van der Waals surface area contributed by atoms with Crippen LogP contribution >= 0.6 is 0 Å². The SMILES string of the molecule is CS(=O)(=O)c1ccc(C2=C(c3ccccc3)C(=O)OC2)cc1.O=c1ccn(F)c(=O)[nH]1. The molecule has 160 valence electrons. The van der Waals surface area contributed by atoms with Gasteiger partial charge in [-0.15, -0.1) is 4.79 Å². The molecule has 0 unspecified atom stereocenters. The maximum absolute atomic E-state index is 12.0. The molecule has 1 aromatic heterocycles. The second kappa shape index (κ2) is 8.92. The van der Waals surface area contributed by atoms with Gasteiger partial charge in [-0.1, -0.05) is 46.9 Å². The van der Waals surface area contributed by atoms with Crippen molar-refractivity contribution in [3.63, 3.8) is 0 Å². The molecule has 0 radical (unpaired) electrons. The first-order valence-corrected chi connectivity index (χ1v) is 10.8. The number of carbonyl (C=O) groups is 1. The molecular weight excluding hydrogens is 427 g/mol. The highest BCUT2D eigenvalue weighted by molar-refractivity contribution is 7.90. The van der Waals surface area contributed by atoms with E-state index in [4.69, 9.17) is 4.74 Å². The van der Waals surface area contributed by atoms with Gasteiger partial charge in [0, 0.05) is 24.1 Å². The van der Waals surface area contributed by atoms with E-state index in [0.717, 1.165) is 29.0 Å². The van der Waals surface area contributed by atoms with Gasteiger partial charge >= 0.3 is 11.7 Å². The Hall–Kier alpha value is -3.79. The van der Waals surface area contributed by atoms with Crippen molar-refractivity contribution in [2.24, 2.45) is 0 Å². The quantitative estimate of drug-likeness (QED) is 0.617. The summed E-state index contributed by atoms with van der Waals surface area (Å²) in [4.78, 5) is 34.1. The standard InChI is InChI=1S/C17H14O4S.C4H3FN2O2/c1-22(19,20)14-9-7-12(8-10-14)15-11-21-17(18)16(15)13-5-3-2-4-6-13;5-7-2-1-3(8)6-4(7)9/h2-10H,11H2,1H3;1-2H,(H,6,8,9). The normalized spacial score (nSPS) is 13.4. The molecule has 8 nitrogen and oxygen atoms in total. The van der Waals surface area contributed by atoms with Gasteiger partial charge in [-0.25, -0.2) is 18.0 Å². The van der Waals surface area contributed by atoms with E-state index in [0.29, 0.717) is 5.57 Å². The molecule has 0 saturated carbocycles. The number of esters is 1. The van der Waals surface area contributed by atoms with Crippen LogP contribution in [0.3, 0.4) is 0 Å². The zero-order chi connectivity index (χ0) is 22.6. The van der Waals surface area contributed by atoms with Crippen LogP contribution in [-0.4, -0.2) is 37.0 Å². The molecule has 2 aromatic carbocycles. The van der Waals surface area contributed by atoms with Crippen LogP contribution in [0.5, 0.6) is 0 Å². The number of ether oxygens (including phenoxy) is 1. The summed E-state index contributed by atoms with van der Waals surface area (Å²) < 4.78 is 40.1. The average molecular weight is 444 g/mol. The smallest absolute Gasteiger partial charge is 0.356 e. The lowest BCUT2D eigenvalue weighted by Gasteiger charge is -2.05. The number of aromatic amines is 1. The Morgan fingerprint density at radius 1 is 0.935 bits per heavy atom. The van der Waals surface area contributed by atoms with Crippen molar-refractivity contribution in [2.75, 3.05) is 12.9 Å². The molecule has 2 heterocycles. The number of hydrogen-bond acceptors (Lipinski definition) is 6. The van der Waals surface area contributed by atoms with Crippen LogP contribution in [0.15, 0.2) is 81.3 Å². The minimum Gasteiger partial charge on any atom is -0.457 e. The Morgan fingerprint density at radius 3 is 2.13 bits per heavy atom. The van der Waals surface area contributed by atoms with Crippen molar-refractivity contribution in [1.82, 2.24) is 9.77 Å². The maximum atomic E-state index is 12.0. The van der Waals surface area contributed by atoms with Gasteiger partial charge in [0.1, 0.15) is 6.61 Å². The minimum absolute atomic E-state index is 0.196. The third-order valence-electron chi connectivity index (χ3n) is 4.33. The Labute approximate surface area is 176 Å². The number of rotatable bonds is 3. The molecule has 1 aliphatic heterocycles. The summed E-state index contributed by atoms with van der Waals surface area (Å²) >= 11 is 0. The van der Waals surface area contributed by atoms with Crippen molar-refractivity contribution >= 4 is 27.0 Å². The predicted octanol–water partition coefficient (Wildman–Crippen LogP) is 1.83. The van der Waals surface area contributed by atoms with Crippen molar-refractivity contribution in [3.8, 4) is 0 Å². The highest BCUT2D eigenvalue weighted by Gasteiger charge is 2.27. The van der Waals surface area contributed by atoms with Crippen LogP contribution in [0, 0.1) is 0 Å². The summed E-state index contributed by atoms with van der Waals surface area (Å²) in [5, 5.41) is 0. The van der Waals surface area contributed by atoms with Gasteiger partial charge in [-0.2, -0.15) is 0 Å². The van der Waals surface area contributed by atoms with Crippen LogP contribution in [0.4, 0.5) is 4.48 Å². The topological polar surface area (TPSA) is 115 Å². The van der Waals surface area contributed by atoms with Crippen molar-refractivity contribution in [2.45, 2.75) is 4.90 Å². The van der Waals surface area contributed by atoms with Crippen LogP contribution in [0.1, 0.15) is 11.1 Å². The summed E-state index contributed by atoms with van der Waals surface area (Å²) in [6.45, 7) is 0.196. The van der Waals surface area contributed by atoms with E-state index in [1.807, 2.05) is 30.3 Å². The van der Waals surface area contributed by atoms with E-state index in [1.165, 1.54) is 6.26 Å². The summed E-state index contributed by atoms with van der Waals surface area (Å²) in [5.74, 6) is -0.353. The summed E-state index contributed by atoms with van der Waals surface area (Å²) in [6, 6.07) is 16.7. The highest BCUT2D eigenvalue weighted by atomic mass is 32.2. The van der Waals surface area contributed by atoms with Crippen LogP contribution < -0.4 is 11.2 Å². The van der Waals surface area contributed by atoms with E-state index in [2.05, 4.69) is 0 Å². The largest absolute Gasteiger partial charge is 0.457 e. The first-order valence-electron chi connectivity index (χ1n) is 8.91. The number of cyclic esters (lactones) is 1. The predicted molar refractivity (Wildman–Crippen MR) is 112 cm³/mol. The van der Waals surface area contributed by atoms with Gasteiger partial charge in [0.15, 0.2) is 9.84 Å². The molecule has 0 fully saturated rings. The fraction of sp³-hybridized carbons (Fsp3) is 0.0952. The van der Waals surface area contributed by atoms with Crippen molar-refractivity contribution < 1.29 is 22.4 Å². The number of halogens is 1. The average Bonchev–Trinajstić information content (AvgIpc) is 3.13. The molecule has 0 bridgehead atoms. The van der Waals surface area contributed by atoms with Gasteiger partial charge < -0.3 is 4.74 Å². The van der Waals surface area contributed by atoms with Crippen LogP contribution in [-0.2, 0) is 19.4 Å². The maximum Gasteiger partial charge on any atom is 0.356 e. The van der Waals surface area contributed by atoms with Crippen LogP contribution in [0.25, 0.3) is 11.1 Å².